The zero-order valence-electron chi connectivity index (χ0n) is 13.4. The summed E-state index contributed by atoms with van der Waals surface area (Å²) in [6, 6.07) is 5.13. The van der Waals surface area contributed by atoms with E-state index >= 15 is 0 Å². The molecule has 0 aliphatic carbocycles. The van der Waals surface area contributed by atoms with Gasteiger partial charge in [0, 0.05) is 0 Å². The fraction of sp³-hybridized carbons (Fsp3) is 0.333. The zero-order chi connectivity index (χ0) is 22.0. The molecule has 0 aliphatic rings. The van der Waals surface area contributed by atoms with Crippen LogP contribution >= 0.6 is 31.8 Å². The molecular weight excluding hydrogens is 581 g/mol. The normalized spacial score (nSPS) is 14.7. The number of benzene rings is 1. The van der Waals surface area contributed by atoms with Crippen molar-refractivity contribution in [2.45, 2.75) is 17.9 Å². The Kier molecular flexibility index (Phi) is 8.05. The van der Waals surface area contributed by atoms with Gasteiger partial charge in [0.1, 0.15) is 0 Å². The Morgan fingerprint density at radius 1 is 1.00 bits per heavy atom. The molecule has 0 spiro atoms. The molecule has 162 valence electrons. The Hall–Kier alpha value is -0.780. The predicted octanol–water partition coefficient (Wildman–Crippen LogP) is 4.40. The van der Waals surface area contributed by atoms with E-state index in [1.807, 2.05) is 0 Å². The first-order valence-electron chi connectivity index (χ1n) is 6.54. The monoisotopic (exact) mass is 590 g/mol. The van der Waals surface area contributed by atoms with Gasteiger partial charge in [-0.15, -0.1) is 0 Å². The number of allylic oxidation sites excluding steroid dienone is 1. The van der Waals surface area contributed by atoms with E-state index in [0.717, 1.165) is 0 Å². The van der Waals surface area contributed by atoms with E-state index < -0.39 is 63.1 Å². The van der Waals surface area contributed by atoms with Crippen LogP contribution in [0.3, 0.4) is 0 Å². The molecule has 0 unspecified atom stereocenters. The second kappa shape index (κ2) is 8.93. The van der Waals surface area contributed by atoms with Crippen molar-refractivity contribution in [2.24, 2.45) is 0 Å². The molecular formula is C12H10ClF6IO6S2. The molecule has 0 radical (unpaired) electrons. The van der Waals surface area contributed by atoms with E-state index in [4.69, 9.17) is 11.6 Å². The van der Waals surface area contributed by atoms with E-state index in [9.17, 15) is 43.2 Å². The van der Waals surface area contributed by atoms with Crippen LogP contribution in [0.1, 0.15) is 5.56 Å². The number of rotatable bonds is 7. The van der Waals surface area contributed by atoms with Crippen molar-refractivity contribution < 1.29 is 49.9 Å². The fourth-order valence-electron chi connectivity index (χ4n) is 1.27. The molecule has 0 saturated heterocycles. The fourth-order valence-corrected chi connectivity index (χ4v) is 8.22. The quantitative estimate of drug-likeness (QED) is 0.117. The summed E-state index contributed by atoms with van der Waals surface area (Å²) >= 11 is 1.23. The molecule has 0 N–H and O–H groups in total. The van der Waals surface area contributed by atoms with Crippen LogP contribution in [0.2, 0.25) is 0 Å². The molecule has 16 heteroatoms. The topological polar surface area (TPSA) is 86.7 Å². The Morgan fingerprint density at radius 3 is 1.86 bits per heavy atom. The summed E-state index contributed by atoms with van der Waals surface area (Å²) in [5.74, 6) is -2.13. The van der Waals surface area contributed by atoms with Crippen LogP contribution in [0.5, 0.6) is 0 Å². The molecule has 0 amide bonds. The van der Waals surface area contributed by atoms with Crippen LogP contribution in [0.4, 0.5) is 26.3 Å². The van der Waals surface area contributed by atoms with E-state index in [2.05, 4.69) is 6.70 Å². The average Bonchev–Trinajstić information content (AvgIpc) is 2.51. The maximum atomic E-state index is 12.6. The van der Waals surface area contributed by atoms with Crippen molar-refractivity contribution in [3.63, 3.8) is 0 Å². The van der Waals surface area contributed by atoms with Gasteiger partial charge >= 0.3 is 169 Å². The first-order valence-corrected chi connectivity index (χ1v) is 13.1. The minimum atomic E-state index is -6.17. The molecule has 1 aromatic rings. The first kappa shape index (κ1) is 25.3. The van der Waals surface area contributed by atoms with Crippen LogP contribution in [-0.4, -0.2) is 33.7 Å². The van der Waals surface area contributed by atoms with Crippen LogP contribution in [-0.2, 0) is 26.9 Å². The summed E-state index contributed by atoms with van der Waals surface area (Å²) in [5, 5.41) is 0. The molecule has 1 aromatic carbocycles. The minimum absolute atomic E-state index is 0.0988. The van der Waals surface area contributed by atoms with Crippen molar-refractivity contribution >= 4 is 52.1 Å². The van der Waals surface area contributed by atoms with Crippen LogP contribution < -0.4 is 0 Å². The standard InChI is InChI=1S/C12H10ClF6IO6S2/c1-8-2-4-9(5-3-8)20(26-28(23,24)12(17,18)19)7-10(6-13)25-27(21,22)11(14,15)16/h2-5,7H,6H2,1H3/b10-7+. The Labute approximate surface area is 168 Å². The molecule has 1 rings (SSSR count). The van der Waals surface area contributed by atoms with Gasteiger partial charge in [0.25, 0.3) is 0 Å². The summed E-state index contributed by atoms with van der Waals surface area (Å²) in [6.45, 7) is 1.61. The molecule has 0 heterocycles. The van der Waals surface area contributed by atoms with E-state index in [1.54, 1.807) is 6.92 Å². The SMILES string of the molecule is Cc1ccc(I(/C=C(\CCl)OS(=O)(=O)C(F)(F)F)OS(=O)(=O)C(F)(F)F)cc1. The zero-order valence-corrected chi connectivity index (χ0v) is 17.9. The third kappa shape index (κ3) is 6.64. The number of hydrogen-bond acceptors (Lipinski definition) is 6. The van der Waals surface area contributed by atoms with Crippen LogP contribution in [0.25, 0.3) is 0 Å². The van der Waals surface area contributed by atoms with E-state index in [1.165, 1.54) is 24.3 Å². The molecule has 0 fully saturated rings. The van der Waals surface area contributed by atoms with Gasteiger partial charge in [-0.25, -0.2) is 0 Å². The summed E-state index contributed by atoms with van der Waals surface area (Å²) in [7, 11) is -12.3. The van der Waals surface area contributed by atoms with Gasteiger partial charge in [0.15, 0.2) is 0 Å². The van der Waals surface area contributed by atoms with E-state index in [-0.39, 0.29) is 3.57 Å². The summed E-state index contributed by atoms with van der Waals surface area (Å²) in [6.07, 6.45) is 0. The summed E-state index contributed by atoms with van der Waals surface area (Å²) in [4.78, 5) is 0. The molecule has 28 heavy (non-hydrogen) atoms. The summed E-state index contributed by atoms with van der Waals surface area (Å²) < 4.78 is 128. The Balaban J connectivity index is 3.41. The Bertz CT molecular complexity index is 925. The molecule has 0 saturated carbocycles. The van der Waals surface area contributed by atoms with Gasteiger partial charge in [0.2, 0.25) is 0 Å². The third-order valence-corrected chi connectivity index (χ3v) is 10.4. The molecule has 0 aliphatic heterocycles. The molecule has 6 nitrogen and oxygen atoms in total. The van der Waals surface area contributed by atoms with Crippen molar-refractivity contribution in [3.05, 3.63) is 43.2 Å². The average molecular weight is 591 g/mol. The Morgan fingerprint density at radius 2 is 1.46 bits per heavy atom. The van der Waals surface area contributed by atoms with Crippen molar-refractivity contribution in [1.29, 1.82) is 0 Å². The maximum absolute atomic E-state index is 12.6. The van der Waals surface area contributed by atoms with Gasteiger partial charge in [-0.3, -0.25) is 0 Å². The van der Waals surface area contributed by atoms with Crippen molar-refractivity contribution in [1.82, 2.24) is 0 Å². The molecule has 0 atom stereocenters. The first-order chi connectivity index (χ1) is 12.5. The van der Waals surface area contributed by atoms with Crippen molar-refractivity contribution in [3.8, 4) is 0 Å². The van der Waals surface area contributed by atoms with Gasteiger partial charge < -0.3 is 0 Å². The molecule has 0 bridgehead atoms. The van der Waals surface area contributed by atoms with Gasteiger partial charge in [-0.2, -0.15) is 0 Å². The van der Waals surface area contributed by atoms with Gasteiger partial charge in [-0.05, 0) is 0 Å². The van der Waals surface area contributed by atoms with Crippen LogP contribution in [0, 0.1) is 10.5 Å². The number of hydrogen-bond donors (Lipinski definition) is 0. The second-order valence-electron chi connectivity index (χ2n) is 4.73. The third-order valence-electron chi connectivity index (χ3n) is 2.51. The van der Waals surface area contributed by atoms with Crippen LogP contribution in [0.15, 0.2) is 34.1 Å². The van der Waals surface area contributed by atoms with Gasteiger partial charge in [0.05, 0.1) is 0 Å². The number of alkyl halides is 7. The van der Waals surface area contributed by atoms with E-state index in [0.29, 0.717) is 9.65 Å². The number of aryl methyl sites for hydroxylation is 1. The summed E-state index contributed by atoms with van der Waals surface area (Å²) in [5.41, 5.74) is -11.0. The van der Waals surface area contributed by atoms with Crippen molar-refractivity contribution in [2.75, 3.05) is 5.88 Å². The van der Waals surface area contributed by atoms with Gasteiger partial charge in [-0.1, -0.05) is 0 Å². The molecule has 0 aromatic heterocycles. The predicted molar refractivity (Wildman–Crippen MR) is 94.8 cm³/mol. The second-order valence-corrected chi connectivity index (χ2v) is 12.5. The number of halogens is 8.